The van der Waals surface area contributed by atoms with Crippen LogP contribution in [0.15, 0.2) is 71.5 Å². The molecule has 1 N–H and O–H groups in total. The van der Waals surface area contributed by atoms with Crippen LogP contribution in [0.25, 0.3) is 22.3 Å². The summed E-state index contributed by atoms with van der Waals surface area (Å²) in [6.07, 6.45) is 0.842. The van der Waals surface area contributed by atoms with E-state index in [4.69, 9.17) is 0 Å². The molecule has 0 unspecified atom stereocenters. The summed E-state index contributed by atoms with van der Waals surface area (Å²) >= 11 is 0. The first-order valence-corrected chi connectivity index (χ1v) is 9.70. The Balaban J connectivity index is 1.57. The molecule has 0 fully saturated rings. The summed E-state index contributed by atoms with van der Waals surface area (Å²) in [5.41, 5.74) is 3.83. The van der Waals surface area contributed by atoms with Crippen molar-refractivity contribution in [3.63, 3.8) is 0 Å². The van der Waals surface area contributed by atoms with Crippen molar-refractivity contribution in [2.24, 2.45) is 0 Å². The van der Waals surface area contributed by atoms with Crippen LogP contribution in [0.3, 0.4) is 0 Å². The molecule has 0 spiro atoms. The third-order valence-electron chi connectivity index (χ3n) is 5.53. The summed E-state index contributed by atoms with van der Waals surface area (Å²) in [5, 5.41) is 12.3. The third kappa shape index (κ3) is 3.10. The summed E-state index contributed by atoms with van der Waals surface area (Å²) in [5.74, 6) is 0.317. The van der Waals surface area contributed by atoms with Gasteiger partial charge in [0.15, 0.2) is 0 Å². The van der Waals surface area contributed by atoms with Gasteiger partial charge in [0.1, 0.15) is 11.5 Å². The number of H-pyrrole nitrogens is 1. The largest absolute Gasteiger partial charge is 0.361 e. The molecular weight excluding hydrogens is 380 g/mol. The summed E-state index contributed by atoms with van der Waals surface area (Å²) in [4.78, 5) is 33.1. The quantitative estimate of drug-likeness (QED) is 0.415. The molecule has 0 radical (unpaired) electrons. The maximum absolute atomic E-state index is 12.4. The molecule has 30 heavy (non-hydrogen) atoms. The second kappa shape index (κ2) is 7.11. The Morgan fingerprint density at radius 3 is 2.60 bits per heavy atom. The smallest absolute Gasteiger partial charge is 0.293 e. The summed E-state index contributed by atoms with van der Waals surface area (Å²) in [6, 6.07) is 20.2. The number of benzene rings is 3. The molecule has 148 valence electrons. The van der Waals surface area contributed by atoms with Crippen LogP contribution in [-0.4, -0.2) is 21.4 Å². The van der Waals surface area contributed by atoms with Gasteiger partial charge in [0, 0.05) is 24.7 Å². The van der Waals surface area contributed by atoms with Crippen molar-refractivity contribution in [1.82, 2.24) is 9.97 Å². The normalized spacial score (nSPS) is 13.3. The van der Waals surface area contributed by atoms with Crippen LogP contribution in [0.1, 0.15) is 11.1 Å². The number of anilines is 1. The lowest BCUT2D eigenvalue weighted by Gasteiger charge is -2.30. The van der Waals surface area contributed by atoms with Crippen LogP contribution >= 0.6 is 0 Å². The molecule has 1 aliphatic rings. The number of fused-ring (bicyclic) bond motifs is 2. The minimum atomic E-state index is -0.376. The number of aromatic nitrogens is 2. The fourth-order valence-corrected chi connectivity index (χ4v) is 4.01. The van der Waals surface area contributed by atoms with E-state index < -0.39 is 0 Å². The number of para-hydroxylation sites is 1. The van der Waals surface area contributed by atoms with Gasteiger partial charge in [-0.1, -0.05) is 36.4 Å². The average molecular weight is 398 g/mol. The minimum absolute atomic E-state index is 0.00249. The van der Waals surface area contributed by atoms with E-state index in [1.807, 2.05) is 17.0 Å². The van der Waals surface area contributed by atoms with E-state index in [1.165, 1.54) is 17.2 Å². The zero-order valence-corrected chi connectivity index (χ0v) is 16.0. The van der Waals surface area contributed by atoms with E-state index in [-0.39, 0.29) is 16.2 Å². The van der Waals surface area contributed by atoms with Gasteiger partial charge < -0.3 is 9.88 Å². The molecule has 5 rings (SSSR count). The molecule has 3 aromatic carbocycles. The Kier molecular flexibility index (Phi) is 4.28. The van der Waals surface area contributed by atoms with Gasteiger partial charge >= 0.3 is 0 Å². The SMILES string of the molecule is O=c1[nH]c(-c2ccc(N3CCc4ccccc4C3)c([N+](=O)[O-])c2)nc2ccccc12. The fraction of sp³-hybridized carbons (Fsp3) is 0.130. The first kappa shape index (κ1) is 18.1. The van der Waals surface area contributed by atoms with Crippen molar-refractivity contribution < 1.29 is 4.92 Å². The molecular formula is C23H18N4O3. The van der Waals surface area contributed by atoms with E-state index >= 15 is 0 Å². The minimum Gasteiger partial charge on any atom is -0.361 e. The molecule has 7 heteroatoms. The molecule has 4 aromatic rings. The van der Waals surface area contributed by atoms with Gasteiger partial charge in [-0.25, -0.2) is 4.98 Å². The van der Waals surface area contributed by atoms with E-state index in [9.17, 15) is 14.9 Å². The van der Waals surface area contributed by atoms with Gasteiger partial charge in [0.05, 0.1) is 15.8 Å². The highest BCUT2D eigenvalue weighted by Gasteiger charge is 2.24. The van der Waals surface area contributed by atoms with Gasteiger partial charge in [-0.05, 0) is 41.8 Å². The first-order chi connectivity index (χ1) is 14.6. The zero-order chi connectivity index (χ0) is 20.7. The highest BCUT2D eigenvalue weighted by Crippen LogP contribution is 2.35. The van der Waals surface area contributed by atoms with Crippen LogP contribution in [0.4, 0.5) is 11.4 Å². The molecule has 0 saturated carbocycles. The molecule has 1 aliphatic heterocycles. The molecule has 0 bridgehead atoms. The van der Waals surface area contributed by atoms with Crippen molar-refractivity contribution in [1.29, 1.82) is 0 Å². The van der Waals surface area contributed by atoms with Crippen molar-refractivity contribution >= 4 is 22.3 Å². The predicted molar refractivity (Wildman–Crippen MR) is 116 cm³/mol. The van der Waals surface area contributed by atoms with Crippen LogP contribution in [0.2, 0.25) is 0 Å². The molecule has 0 amide bonds. The molecule has 2 heterocycles. The number of nitrogens with zero attached hydrogens (tertiary/aromatic N) is 3. The number of nitro benzene ring substituents is 1. The van der Waals surface area contributed by atoms with E-state index in [1.54, 1.807) is 36.4 Å². The monoisotopic (exact) mass is 398 g/mol. The van der Waals surface area contributed by atoms with Gasteiger partial charge in [-0.2, -0.15) is 0 Å². The molecule has 0 aliphatic carbocycles. The van der Waals surface area contributed by atoms with Gasteiger partial charge in [-0.15, -0.1) is 0 Å². The number of nitrogens with one attached hydrogen (secondary N) is 1. The molecule has 7 nitrogen and oxygen atoms in total. The molecule has 0 saturated heterocycles. The number of hydrogen-bond donors (Lipinski definition) is 1. The summed E-state index contributed by atoms with van der Waals surface area (Å²) in [6.45, 7) is 1.34. The van der Waals surface area contributed by atoms with Crippen molar-refractivity contribution in [3.05, 3.63) is 98.3 Å². The van der Waals surface area contributed by atoms with Gasteiger partial charge in [-0.3, -0.25) is 14.9 Å². The average Bonchev–Trinajstić information content (AvgIpc) is 2.78. The van der Waals surface area contributed by atoms with E-state index in [0.717, 1.165) is 6.42 Å². The third-order valence-corrected chi connectivity index (χ3v) is 5.53. The lowest BCUT2D eigenvalue weighted by atomic mass is 9.99. The molecule has 1 aromatic heterocycles. The van der Waals surface area contributed by atoms with Crippen LogP contribution in [0, 0.1) is 10.1 Å². The second-order valence-corrected chi connectivity index (χ2v) is 7.33. The van der Waals surface area contributed by atoms with E-state index in [2.05, 4.69) is 22.1 Å². The van der Waals surface area contributed by atoms with Gasteiger partial charge in [0.25, 0.3) is 11.2 Å². The highest BCUT2D eigenvalue weighted by atomic mass is 16.6. The van der Waals surface area contributed by atoms with Crippen LogP contribution in [-0.2, 0) is 13.0 Å². The van der Waals surface area contributed by atoms with Crippen molar-refractivity contribution in [2.45, 2.75) is 13.0 Å². The predicted octanol–water partition coefficient (Wildman–Crippen LogP) is 4.06. The Hall–Kier alpha value is -4.00. The Morgan fingerprint density at radius 1 is 1.00 bits per heavy atom. The van der Waals surface area contributed by atoms with Gasteiger partial charge in [0.2, 0.25) is 0 Å². The summed E-state index contributed by atoms with van der Waals surface area (Å²) in [7, 11) is 0. The topological polar surface area (TPSA) is 92.1 Å². The maximum Gasteiger partial charge on any atom is 0.293 e. The maximum atomic E-state index is 12.4. The highest BCUT2D eigenvalue weighted by molar-refractivity contribution is 5.80. The lowest BCUT2D eigenvalue weighted by molar-refractivity contribution is -0.384. The fourth-order valence-electron chi connectivity index (χ4n) is 4.01. The number of aromatic amines is 1. The van der Waals surface area contributed by atoms with Crippen LogP contribution < -0.4 is 10.5 Å². The Morgan fingerprint density at radius 2 is 1.77 bits per heavy atom. The number of hydrogen-bond acceptors (Lipinski definition) is 5. The zero-order valence-electron chi connectivity index (χ0n) is 16.0. The summed E-state index contributed by atoms with van der Waals surface area (Å²) < 4.78 is 0. The Bertz CT molecular complexity index is 1350. The van der Waals surface area contributed by atoms with E-state index in [0.29, 0.717) is 41.1 Å². The first-order valence-electron chi connectivity index (χ1n) is 9.70. The Labute approximate surface area is 171 Å². The van der Waals surface area contributed by atoms with Crippen LogP contribution in [0.5, 0.6) is 0 Å². The standard InChI is InChI=1S/C23H18N4O3/c28-23-18-7-3-4-8-19(18)24-22(25-23)16-9-10-20(21(13-16)27(29)30)26-12-11-15-5-1-2-6-17(15)14-26/h1-10,13H,11-12,14H2,(H,24,25,28). The number of rotatable bonds is 3. The number of nitro groups is 1. The lowest BCUT2D eigenvalue weighted by Crippen LogP contribution is -2.30. The van der Waals surface area contributed by atoms with Crippen molar-refractivity contribution in [2.75, 3.05) is 11.4 Å². The van der Waals surface area contributed by atoms with Crippen molar-refractivity contribution in [3.8, 4) is 11.4 Å². The second-order valence-electron chi connectivity index (χ2n) is 7.33. The molecule has 0 atom stereocenters.